The first-order valence-electron chi connectivity index (χ1n) is 12.0. The summed E-state index contributed by atoms with van der Waals surface area (Å²) in [4.78, 5) is 37.9. The van der Waals surface area contributed by atoms with Gasteiger partial charge in [-0.1, -0.05) is 59.7 Å². The van der Waals surface area contributed by atoms with Crippen molar-refractivity contribution in [2.24, 2.45) is 17.8 Å². The van der Waals surface area contributed by atoms with Crippen LogP contribution in [0.3, 0.4) is 0 Å². The molecule has 3 unspecified atom stereocenters. The van der Waals surface area contributed by atoms with Gasteiger partial charge in [0.15, 0.2) is 0 Å². The van der Waals surface area contributed by atoms with E-state index in [4.69, 9.17) is 14.2 Å². The lowest BCUT2D eigenvalue weighted by atomic mass is 9.88. The van der Waals surface area contributed by atoms with Crippen LogP contribution in [-0.4, -0.2) is 37.7 Å². The Morgan fingerprint density at radius 2 is 0.727 bits per heavy atom. The Bertz CT molecular complexity index is 679. The molecule has 186 valence electrons. The lowest BCUT2D eigenvalue weighted by molar-refractivity contribution is -0.146. The lowest BCUT2D eigenvalue weighted by Gasteiger charge is -2.20. The average Bonchev–Trinajstić information content (AvgIpc) is 2.77. The standard InChI is InChI=1S/C27H42O6/c1-16(2)13-31-25(28)19(7)22-10-23(20(8)26(29)32-14-17(3)4)12-24(11-22)21(9)27(30)33-15-18(5)6/h10-12,16-21H,13-15H2,1-9H3. The van der Waals surface area contributed by atoms with E-state index in [0.29, 0.717) is 36.5 Å². The Balaban J connectivity index is 3.28. The highest BCUT2D eigenvalue weighted by Crippen LogP contribution is 2.30. The molecule has 33 heavy (non-hydrogen) atoms. The predicted octanol–water partition coefficient (Wildman–Crippen LogP) is 5.59. The second kappa shape index (κ2) is 13.4. The summed E-state index contributed by atoms with van der Waals surface area (Å²) in [6, 6.07) is 5.49. The molecule has 6 nitrogen and oxygen atoms in total. The van der Waals surface area contributed by atoms with Gasteiger partial charge in [0.1, 0.15) is 0 Å². The maximum atomic E-state index is 12.6. The van der Waals surface area contributed by atoms with E-state index in [1.54, 1.807) is 20.8 Å². The van der Waals surface area contributed by atoms with Crippen molar-refractivity contribution in [2.75, 3.05) is 19.8 Å². The summed E-state index contributed by atoms with van der Waals surface area (Å²) in [5, 5.41) is 0. The Hall–Kier alpha value is -2.37. The highest BCUT2D eigenvalue weighted by atomic mass is 16.5. The number of rotatable bonds is 12. The van der Waals surface area contributed by atoms with Gasteiger partial charge in [-0.15, -0.1) is 0 Å². The molecule has 0 bridgehead atoms. The van der Waals surface area contributed by atoms with E-state index in [2.05, 4.69) is 0 Å². The molecule has 0 aliphatic heterocycles. The summed E-state index contributed by atoms with van der Waals surface area (Å²) in [7, 11) is 0. The maximum absolute atomic E-state index is 12.6. The van der Waals surface area contributed by atoms with Gasteiger partial charge in [-0.05, 0) is 55.2 Å². The fraction of sp³-hybridized carbons (Fsp3) is 0.667. The van der Waals surface area contributed by atoms with Gasteiger partial charge in [-0.3, -0.25) is 14.4 Å². The van der Waals surface area contributed by atoms with Gasteiger partial charge in [0.25, 0.3) is 0 Å². The third-order valence-electron chi connectivity index (χ3n) is 5.24. The van der Waals surface area contributed by atoms with Crippen LogP contribution in [0.2, 0.25) is 0 Å². The molecule has 0 fully saturated rings. The van der Waals surface area contributed by atoms with Crippen molar-refractivity contribution in [2.45, 2.75) is 80.1 Å². The Morgan fingerprint density at radius 3 is 0.909 bits per heavy atom. The third-order valence-corrected chi connectivity index (χ3v) is 5.24. The molecule has 1 aromatic rings. The molecule has 0 saturated heterocycles. The molecule has 0 radical (unpaired) electrons. The number of carbonyl (C=O) groups excluding carboxylic acids is 3. The molecule has 0 spiro atoms. The molecule has 0 N–H and O–H groups in total. The van der Waals surface area contributed by atoms with E-state index in [-0.39, 0.29) is 35.7 Å². The van der Waals surface area contributed by atoms with Crippen molar-refractivity contribution in [3.05, 3.63) is 34.9 Å². The molecule has 0 aliphatic carbocycles. The molecular weight excluding hydrogens is 420 g/mol. The first-order valence-corrected chi connectivity index (χ1v) is 12.0. The normalized spacial score (nSPS) is 14.2. The SMILES string of the molecule is CC(C)COC(=O)C(C)c1cc(C(C)C(=O)OCC(C)C)cc(C(C)C(=O)OCC(C)C)c1. The smallest absolute Gasteiger partial charge is 0.313 e. The molecule has 1 rings (SSSR count). The Kier molecular flexibility index (Phi) is 11.6. The van der Waals surface area contributed by atoms with Gasteiger partial charge in [0.05, 0.1) is 37.6 Å². The molecule has 3 atom stereocenters. The zero-order chi connectivity index (χ0) is 25.3. The minimum Gasteiger partial charge on any atom is -0.465 e. The molecule has 0 saturated carbocycles. The van der Waals surface area contributed by atoms with E-state index in [9.17, 15) is 14.4 Å². The number of hydrogen-bond acceptors (Lipinski definition) is 6. The van der Waals surface area contributed by atoms with Crippen molar-refractivity contribution in [3.63, 3.8) is 0 Å². The van der Waals surface area contributed by atoms with Crippen molar-refractivity contribution in [3.8, 4) is 0 Å². The third kappa shape index (κ3) is 9.56. The van der Waals surface area contributed by atoms with Gasteiger partial charge in [-0.2, -0.15) is 0 Å². The quantitative estimate of drug-likeness (QED) is 0.297. The number of esters is 3. The van der Waals surface area contributed by atoms with Crippen LogP contribution < -0.4 is 0 Å². The predicted molar refractivity (Wildman–Crippen MR) is 129 cm³/mol. The molecule has 0 aromatic heterocycles. The molecule has 0 amide bonds. The van der Waals surface area contributed by atoms with Gasteiger partial charge in [0.2, 0.25) is 0 Å². The van der Waals surface area contributed by atoms with Crippen molar-refractivity contribution >= 4 is 17.9 Å². The number of ether oxygens (including phenoxy) is 3. The first-order chi connectivity index (χ1) is 15.3. The van der Waals surface area contributed by atoms with Gasteiger partial charge >= 0.3 is 17.9 Å². The minimum absolute atomic E-state index is 0.231. The van der Waals surface area contributed by atoms with E-state index < -0.39 is 17.8 Å². The van der Waals surface area contributed by atoms with E-state index in [1.807, 2.05) is 59.7 Å². The van der Waals surface area contributed by atoms with Crippen molar-refractivity contribution < 1.29 is 28.6 Å². The van der Waals surface area contributed by atoms with E-state index in [1.165, 1.54) is 0 Å². The number of benzene rings is 1. The summed E-state index contributed by atoms with van der Waals surface area (Å²) in [5.74, 6) is -1.94. The first kappa shape index (κ1) is 28.7. The lowest BCUT2D eigenvalue weighted by Crippen LogP contribution is -2.20. The van der Waals surface area contributed by atoms with E-state index >= 15 is 0 Å². The number of carbonyl (C=O) groups is 3. The van der Waals surface area contributed by atoms with Gasteiger partial charge in [-0.25, -0.2) is 0 Å². The molecule has 6 heteroatoms. The van der Waals surface area contributed by atoms with Crippen molar-refractivity contribution in [1.29, 1.82) is 0 Å². The van der Waals surface area contributed by atoms with Crippen LogP contribution in [0.4, 0.5) is 0 Å². The highest BCUT2D eigenvalue weighted by molar-refractivity contribution is 5.81. The summed E-state index contributed by atoms with van der Waals surface area (Å²) in [6.45, 7) is 18.2. The van der Waals surface area contributed by atoms with E-state index in [0.717, 1.165) is 0 Å². The second-order valence-electron chi connectivity index (χ2n) is 10.2. The monoisotopic (exact) mass is 462 g/mol. The summed E-state index contributed by atoms with van der Waals surface area (Å²) in [6.07, 6.45) is 0. The zero-order valence-electron chi connectivity index (χ0n) is 21.8. The van der Waals surface area contributed by atoms with Crippen LogP contribution in [0.15, 0.2) is 18.2 Å². The Labute approximate surface area is 199 Å². The van der Waals surface area contributed by atoms with Gasteiger partial charge < -0.3 is 14.2 Å². The fourth-order valence-corrected chi connectivity index (χ4v) is 2.98. The molecular formula is C27H42O6. The highest BCUT2D eigenvalue weighted by Gasteiger charge is 2.26. The second-order valence-corrected chi connectivity index (χ2v) is 10.2. The van der Waals surface area contributed by atoms with Crippen LogP contribution in [-0.2, 0) is 28.6 Å². The van der Waals surface area contributed by atoms with Gasteiger partial charge in [0, 0.05) is 0 Å². The van der Waals surface area contributed by atoms with Crippen LogP contribution in [0, 0.1) is 17.8 Å². The molecule has 0 heterocycles. The molecule has 1 aromatic carbocycles. The maximum Gasteiger partial charge on any atom is 0.313 e. The zero-order valence-corrected chi connectivity index (χ0v) is 21.8. The van der Waals surface area contributed by atoms with Crippen LogP contribution in [0.5, 0.6) is 0 Å². The Morgan fingerprint density at radius 1 is 0.515 bits per heavy atom. The minimum atomic E-state index is -0.541. The average molecular weight is 463 g/mol. The van der Waals surface area contributed by atoms with Crippen LogP contribution in [0.25, 0.3) is 0 Å². The summed E-state index contributed by atoms with van der Waals surface area (Å²) >= 11 is 0. The van der Waals surface area contributed by atoms with Crippen LogP contribution in [0.1, 0.15) is 96.8 Å². The van der Waals surface area contributed by atoms with Crippen LogP contribution >= 0.6 is 0 Å². The summed E-state index contributed by atoms with van der Waals surface area (Å²) < 4.78 is 16.3. The number of hydrogen-bond donors (Lipinski definition) is 0. The fourth-order valence-electron chi connectivity index (χ4n) is 2.98. The largest absolute Gasteiger partial charge is 0.465 e. The van der Waals surface area contributed by atoms with Crippen molar-refractivity contribution in [1.82, 2.24) is 0 Å². The summed E-state index contributed by atoms with van der Waals surface area (Å²) in [5.41, 5.74) is 2.09. The topological polar surface area (TPSA) is 78.9 Å². The molecule has 0 aliphatic rings.